The van der Waals surface area contributed by atoms with Crippen LogP contribution in [-0.2, 0) is 6.54 Å². The molecule has 1 unspecified atom stereocenters. The zero-order chi connectivity index (χ0) is 15.4. The van der Waals surface area contributed by atoms with Crippen LogP contribution in [0.25, 0.3) is 0 Å². The lowest BCUT2D eigenvalue weighted by Crippen LogP contribution is -2.33. The molecule has 2 rings (SSSR count). The van der Waals surface area contributed by atoms with Crippen molar-refractivity contribution in [3.05, 3.63) is 23.4 Å². The van der Waals surface area contributed by atoms with Gasteiger partial charge in [0.25, 0.3) is 0 Å². The Morgan fingerprint density at radius 3 is 2.48 bits per heavy atom. The summed E-state index contributed by atoms with van der Waals surface area (Å²) >= 11 is 0. The number of anilines is 1. The molecule has 1 aromatic rings. The van der Waals surface area contributed by atoms with Crippen LogP contribution in [0.4, 0.5) is 5.82 Å². The van der Waals surface area contributed by atoms with Crippen LogP contribution in [0.2, 0.25) is 0 Å². The third-order valence-electron chi connectivity index (χ3n) is 4.41. The van der Waals surface area contributed by atoms with Gasteiger partial charge < -0.3 is 10.2 Å². The molecule has 0 aromatic carbocycles. The van der Waals surface area contributed by atoms with Gasteiger partial charge in [0.15, 0.2) is 0 Å². The van der Waals surface area contributed by atoms with Crippen molar-refractivity contribution < 1.29 is 0 Å². The number of hydrogen-bond donors (Lipinski definition) is 1. The van der Waals surface area contributed by atoms with Crippen LogP contribution in [0.3, 0.4) is 0 Å². The Morgan fingerprint density at radius 1 is 1.24 bits per heavy atom. The average molecular weight is 289 g/mol. The summed E-state index contributed by atoms with van der Waals surface area (Å²) in [6.45, 7) is 13.2. The van der Waals surface area contributed by atoms with Gasteiger partial charge >= 0.3 is 0 Å². The van der Waals surface area contributed by atoms with Crippen LogP contribution in [-0.4, -0.2) is 23.6 Å². The summed E-state index contributed by atoms with van der Waals surface area (Å²) in [5.41, 5.74) is 2.58. The molecule has 118 valence electrons. The second-order valence-corrected chi connectivity index (χ2v) is 6.61. The first-order chi connectivity index (χ1) is 10.0. The molecule has 1 aliphatic carbocycles. The average Bonchev–Trinajstić information content (AvgIpc) is 3.29. The third kappa shape index (κ3) is 4.44. The normalized spacial score (nSPS) is 16.3. The Labute approximate surface area is 130 Å². The monoisotopic (exact) mass is 289 g/mol. The molecular weight excluding hydrogens is 258 g/mol. The van der Waals surface area contributed by atoms with E-state index in [1.165, 1.54) is 24.1 Å². The van der Waals surface area contributed by atoms with Crippen LogP contribution in [0, 0.1) is 0 Å². The van der Waals surface area contributed by atoms with E-state index in [4.69, 9.17) is 4.98 Å². The van der Waals surface area contributed by atoms with Crippen molar-refractivity contribution in [3.8, 4) is 0 Å². The number of nitrogens with zero attached hydrogens (tertiary/aromatic N) is 2. The van der Waals surface area contributed by atoms with Crippen molar-refractivity contribution in [2.24, 2.45) is 0 Å². The first-order valence-corrected chi connectivity index (χ1v) is 8.56. The molecule has 1 aliphatic rings. The quantitative estimate of drug-likeness (QED) is 0.781. The van der Waals surface area contributed by atoms with E-state index in [1.54, 1.807) is 0 Å². The van der Waals surface area contributed by atoms with E-state index >= 15 is 0 Å². The highest BCUT2D eigenvalue weighted by atomic mass is 15.2. The highest BCUT2D eigenvalue weighted by molar-refractivity contribution is 5.44. The molecular formula is C18H31N3. The summed E-state index contributed by atoms with van der Waals surface area (Å²) < 4.78 is 0. The Morgan fingerprint density at radius 2 is 1.95 bits per heavy atom. The van der Waals surface area contributed by atoms with Gasteiger partial charge in [0.2, 0.25) is 0 Å². The highest BCUT2D eigenvalue weighted by Crippen LogP contribution is 2.24. The Kier molecular flexibility index (Phi) is 5.63. The van der Waals surface area contributed by atoms with Gasteiger partial charge in [-0.3, -0.25) is 0 Å². The maximum Gasteiger partial charge on any atom is 0.129 e. The highest BCUT2D eigenvalue weighted by Gasteiger charge is 2.21. The molecule has 1 atom stereocenters. The Balaban J connectivity index is 2.24. The number of nitrogens with one attached hydrogen (secondary N) is 1. The molecule has 1 heterocycles. The van der Waals surface area contributed by atoms with E-state index in [0.29, 0.717) is 12.0 Å². The molecule has 1 N–H and O–H groups in total. The molecule has 1 aromatic heterocycles. The van der Waals surface area contributed by atoms with Gasteiger partial charge in [0.1, 0.15) is 5.82 Å². The fourth-order valence-electron chi connectivity index (χ4n) is 2.61. The molecule has 3 nitrogen and oxygen atoms in total. The van der Waals surface area contributed by atoms with Gasteiger partial charge in [-0.1, -0.05) is 20.8 Å². The van der Waals surface area contributed by atoms with Gasteiger partial charge in [-0.05, 0) is 56.7 Å². The lowest BCUT2D eigenvalue weighted by molar-refractivity contribution is 0.618. The third-order valence-corrected chi connectivity index (χ3v) is 4.41. The topological polar surface area (TPSA) is 28.2 Å². The van der Waals surface area contributed by atoms with Crippen molar-refractivity contribution in [1.29, 1.82) is 0 Å². The summed E-state index contributed by atoms with van der Waals surface area (Å²) in [7, 11) is 0. The van der Waals surface area contributed by atoms with Crippen molar-refractivity contribution in [2.45, 2.75) is 78.4 Å². The molecule has 0 spiro atoms. The molecule has 3 heteroatoms. The molecule has 0 radical (unpaired) electrons. The lowest BCUT2D eigenvalue weighted by Gasteiger charge is -2.29. The summed E-state index contributed by atoms with van der Waals surface area (Å²) in [6.07, 6.45) is 3.82. The van der Waals surface area contributed by atoms with Crippen molar-refractivity contribution in [3.63, 3.8) is 0 Å². The number of aromatic nitrogens is 1. The fourth-order valence-corrected chi connectivity index (χ4v) is 2.61. The molecule has 0 saturated heterocycles. The smallest absolute Gasteiger partial charge is 0.129 e. The van der Waals surface area contributed by atoms with E-state index in [0.717, 1.165) is 31.4 Å². The predicted octanol–water partition coefficient (Wildman–Crippen LogP) is 4.08. The minimum absolute atomic E-state index is 0.472. The van der Waals surface area contributed by atoms with Crippen molar-refractivity contribution in [1.82, 2.24) is 10.3 Å². The first kappa shape index (κ1) is 16.3. The zero-order valence-electron chi connectivity index (χ0n) is 14.3. The van der Waals surface area contributed by atoms with Gasteiger partial charge in [-0.15, -0.1) is 0 Å². The van der Waals surface area contributed by atoms with Crippen LogP contribution >= 0.6 is 0 Å². The molecule has 21 heavy (non-hydrogen) atoms. The maximum atomic E-state index is 4.91. The SMILES string of the molecule is CCC(C)N(CC)c1cc(CNC2CC2)cc(C(C)C)n1. The van der Waals surface area contributed by atoms with Crippen LogP contribution in [0.5, 0.6) is 0 Å². The van der Waals surface area contributed by atoms with E-state index in [-0.39, 0.29) is 0 Å². The van der Waals surface area contributed by atoms with E-state index in [2.05, 4.69) is 57.0 Å². The summed E-state index contributed by atoms with van der Waals surface area (Å²) in [5, 5.41) is 3.62. The second-order valence-electron chi connectivity index (χ2n) is 6.61. The minimum Gasteiger partial charge on any atom is -0.354 e. The largest absolute Gasteiger partial charge is 0.354 e. The van der Waals surface area contributed by atoms with E-state index < -0.39 is 0 Å². The minimum atomic E-state index is 0.472. The van der Waals surface area contributed by atoms with E-state index in [9.17, 15) is 0 Å². The first-order valence-electron chi connectivity index (χ1n) is 8.56. The lowest BCUT2D eigenvalue weighted by atomic mass is 10.1. The molecule has 1 fully saturated rings. The van der Waals surface area contributed by atoms with Gasteiger partial charge in [-0.2, -0.15) is 0 Å². The zero-order valence-corrected chi connectivity index (χ0v) is 14.3. The standard InChI is InChI=1S/C18H31N3/c1-6-14(5)21(7-2)18-11-15(12-19-16-8-9-16)10-17(20-18)13(3)4/h10-11,13-14,16,19H,6-9,12H2,1-5H3. The second kappa shape index (κ2) is 7.26. The summed E-state index contributed by atoms with van der Waals surface area (Å²) in [4.78, 5) is 7.34. The van der Waals surface area contributed by atoms with Crippen LogP contribution in [0.1, 0.15) is 71.1 Å². The summed E-state index contributed by atoms with van der Waals surface area (Å²) in [6, 6.07) is 5.83. The van der Waals surface area contributed by atoms with Gasteiger partial charge in [0, 0.05) is 30.9 Å². The van der Waals surface area contributed by atoms with Crippen molar-refractivity contribution >= 4 is 5.82 Å². The van der Waals surface area contributed by atoms with Crippen molar-refractivity contribution in [2.75, 3.05) is 11.4 Å². The molecule has 0 aliphatic heterocycles. The summed E-state index contributed by atoms with van der Waals surface area (Å²) in [5.74, 6) is 1.62. The van der Waals surface area contributed by atoms with E-state index in [1.807, 2.05) is 0 Å². The Hall–Kier alpha value is -1.09. The molecule has 0 bridgehead atoms. The number of hydrogen-bond acceptors (Lipinski definition) is 3. The maximum absolute atomic E-state index is 4.91. The fraction of sp³-hybridized carbons (Fsp3) is 0.722. The number of pyridine rings is 1. The van der Waals surface area contributed by atoms with Gasteiger partial charge in [0.05, 0.1) is 0 Å². The molecule has 1 saturated carbocycles. The predicted molar refractivity (Wildman–Crippen MR) is 91.0 cm³/mol. The van der Waals surface area contributed by atoms with Crippen LogP contribution < -0.4 is 10.2 Å². The molecule has 0 amide bonds. The Bertz CT molecular complexity index is 452. The van der Waals surface area contributed by atoms with Gasteiger partial charge in [-0.25, -0.2) is 4.98 Å². The number of rotatable bonds is 8. The van der Waals surface area contributed by atoms with Crippen LogP contribution in [0.15, 0.2) is 12.1 Å².